The summed E-state index contributed by atoms with van der Waals surface area (Å²) < 4.78 is 15.2. The first kappa shape index (κ1) is 28.2. The molecule has 0 aliphatic carbocycles. The fraction of sp³-hybridized carbons (Fsp3) is 0.690. The number of rotatable bonds is 9. The van der Waals surface area contributed by atoms with Crippen LogP contribution < -0.4 is 5.32 Å². The highest BCUT2D eigenvalue weighted by Crippen LogP contribution is 2.47. The SMILES string of the molecule is CC(C)(C)CCN1C(=O)[C@H](CC(=O)N2CC[CH]CC2)SC1c1cccc(F)c1NCCN1CCCCC1. The van der Waals surface area contributed by atoms with E-state index < -0.39 is 5.25 Å². The number of halogens is 1. The predicted molar refractivity (Wildman–Crippen MR) is 150 cm³/mol. The summed E-state index contributed by atoms with van der Waals surface area (Å²) in [7, 11) is 0. The Morgan fingerprint density at radius 3 is 2.51 bits per heavy atom. The van der Waals surface area contributed by atoms with Crippen molar-refractivity contribution in [1.29, 1.82) is 0 Å². The molecule has 1 unspecified atom stereocenters. The molecule has 3 heterocycles. The normalized spacial score (nSPS) is 23.5. The second kappa shape index (κ2) is 12.8. The molecule has 1 aromatic carbocycles. The first-order valence-corrected chi connectivity index (χ1v) is 15.0. The molecule has 4 rings (SSSR count). The molecule has 3 fully saturated rings. The van der Waals surface area contributed by atoms with E-state index in [9.17, 15) is 9.59 Å². The van der Waals surface area contributed by atoms with Gasteiger partial charge in [-0.25, -0.2) is 4.39 Å². The van der Waals surface area contributed by atoms with Crippen molar-refractivity contribution in [2.24, 2.45) is 5.41 Å². The molecule has 3 aliphatic heterocycles. The van der Waals surface area contributed by atoms with E-state index in [0.717, 1.165) is 57.5 Å². The van der Waals surface area contributed by atoms with E-state index in [1.165, 1.54) is 37.1 Å². The molecule has 2 atom stereocenters. The van der Waals surface area contributed by atoms with E-state index in [0.29, 0.717) is 18.8 Å². The molecule has 0 spiro atoms. The summed E-state index contributed by atoms with van der Waals surface area (Å²) in [6.45, 7) is 12.3. The lowest BCUT2D eigenvalue weighted by molar-refractivity contribution is -0.136. The van der Waals surface area contributed by atoms with E-state index in [2.05, 4.69) is 37.4 Å². The zero-order valence-corrected chi connectivity index (χ0v) is 23.6. The van der Waals surface area contributed by atoms with Gasteiger partial charge in [0.1, 0.15) is 11.2 Å². The average molecular weight is 532 g/mol. The number of benzene rings is 1. The maximum Gasteiger partial charge on any atom is 0.237 e. The van der Waals surface area contributed by atoms with Gasteiger partial charge in [0, 0.05) is 44.7 Å². The maximum atomic E-state index is 15.2. The lowest BCUT2D eigenvalue weighted by atomic mass is 9.92. The highest BCUT2D eigenvalue weighted by Gasteiger charge is 2.43. The van der Waals surface area contributed by atoms with Crippen molar-refractivity contribution in [3.63, 3.8) is 0 Å². The second-order valence-electron chi connectivity index (χ2n) is 11.8. The molecule has 8 heteroatoms. The molecule has 0 bridgehead atoms. The molecule has 3 saturated heterocycles. The van der Waals surface area contributed by atoms with Crippen molar-refractivity contribution in [2.45, 2.75) is 76.3 Å². The van der Waals surface area contributed by atoms with Crippen molar-refractivity contribution in [2.75, 3.05) is 51.1 Å². The molecule has 6 nitrogen and oxygen atoms in total. The molecule has 37 heavy (non-hydrogen) atoms. The summed E-state index contributed by atoms with van der Waals surface area (Å²) in [4.78, 5) is 32.9. The second-order valence-corrected chi connectivity index (χ2v) is 13.1. The van der Waals surface area contributed by atoms with Crippen molar-refractivity contribution in [3.8, 4) is 0 Å². The number of amides is 2. The fourth-order valence-corrected chi connectivity index (χ4v) is 6.89. The number of nitrogens with one attached hydrogen (secondary N) is 1. The summed E-state index contributed by atoms with van der Waals surface area (Å²) in [5.41, 5.74) is 1.35. The Balaban J connectivity index is 1.51. The summed E-state index contributed by atoms with van der Waals surface area (Å²) >= 11 is 1.51. The van der Waals surface area contributed by atoms with E-state index in [4.69, 9.17) is 0 Å². The number of piperidine rings is 2. The largest absolute Gasteiger partial charge is 0.381 e. The summed E-state index contributed by atoms with van der Waals surface area (Å²) in [6, 6.07) is 5.16. The number of carbonyl (C=O) groups excluding carboxylic acids is 2. The van der Waals surface area contributed by atoms with Crippen LogP contribution in [0.25, 0.3) is 0 Å². The number of hydrogen-bond acceptors (Lipinski definition) is 5. The van der Waals surface area contributed by atoms with Gasteiger partial charge < -0.3 is 20.0 Å². The van der Waals surface area contributed by atoms with Crippen molar-refractivity contribution in [3.05, 3.63) is 36.0 Å². The average Bonchev–Trinajstić information content (AvgIpc) is 3.19. The predicted octanol–water partition coefficient (Wildman–Crippen LogP) is 5.32. The molecule has 3 aliphatic rings. The van der Waals surface area contributed by atoms with Gasteiger partial charge in [-0.3, -0.25) is 9.59 Å². The van der Waals surface area contributed by atoms with Crippen LogP contribution in [0, 0.1) is 17.7 Å². The molecular formula is C29H44FN4O2S. The molecule has 205 valence electrons. The van der Waals surface area contributed by atoms with Crippen LogP contribution in [-0.2, 0) is 9.59 Å². The Labute approximate surface area is 226 Å². The quantitative estimate of drug-likeness (QED) is 0.468. The van der Waals surface area contributed by atoms with Crippen LogP contribution in [0.1, 0.15) is 76.7 Å². The standard InChI is InChI=1S/C29H44FN4O2S/c1-29(2,3)13-19-34-27(36)24(21-25(35)33-17-8-5-9-18-33)37-28(34)22-11-10-12-23(30)26(22)31-14-20-32-15-6-4-7-16-32/h5,10-12,24,28,31H,4,6-9,13-21H2,1-3H3/t24-,28?/m0/s1. The zero-order chi connectivity index (χ0) is 26.4. The van der Waals surface area contributed by atoms with E-state index in [-0.39, 0.29) is 34.8 Å². The van der Waals surface area contributed by atoms with Gasteiger partial charge in [0.25, 0.3) is 0 Å². The topological polar surface area (TPSA) is 55.9 Å². The van der Waals surface area contributed by atoms with E-state index in [1.807, 2.05) is 15.9 Å². The Bertz CT molecular complexity index is 925. The zero-order valence-electron chi connectivity index (χ0n) is 22.8. The molecule has 0 aromatic heterocycles. The first-order valence-electron chi connectivity index (χ1n) is 14.0. The van der Waals surface area contributed by atoms with Crippen LogP contribution in [0.4, 0.5) is 10.1 Å². The summed E-state index contributed by atoms with van der Waals surface area (Å²) in [5.74, 6) is -0.238. The van der Waals surface area contributed by atoms with Gasteiger partial charge in [-0.05, 0) is 63.1 Å². The van der Waals surface area contributed by atoms with E-state index in [1.54, 1.807) is 6.07 Å². The van der Waals surface area contributed by atoms with Gasteiger partial charge in [0.2, 0.25) is 11.8 Å². The molecular weight excluding hydrogens is 487 g/mol. The lowest BCUT2D eigenvalue weighted by Crippen LogP contribution is -2.39. The summed E-state index contributed by atoms with van der Waals surface area (Å²) in [6.07, 6.45) is 8.83. The number of nitrogens with zero attached hydrogens (tertiary/aromatic N) is 3. The van der Waals surface area contributed by atoms with Crippen molar-refractivity contribution < 1.29 is 14.0 Å². The van der Waals surface area contributed by atoms with Gasteiger partial charge in [-0.1, -0.05) is 39.3 Å². The third kappa shape index (κ3) is 7.62. The third-order valence-electron chi connectivity index (χ3n) is 7.65. The highest BCUT2D eigenvalue weighted by molar-refractivity contribution is 8.01. The van der Waals surface area contributed by atoms with Crippen LogP contribution in [0.2, 0.25) is 0 Å². The first-order chi connectivity index (χ1) is 17.7. The number of hydrogen-bond donors (Lipinski definition) is 1. The molecule has 1 radical (unpaired) electrons. The van der Waals surface area contributed by atoms with Crippen LogP contribution in [-0.4, -0.2) is 77.6 Å². The van der Waals surface area contributed by atoms with Gasteiger partial charge in [-0.2, -0.15) is 0 Å². The lowest BCUT2D eigenvalue weighted by Gasteiger charge is -2.30. The Morgan fingerprint density at radius 2 is 1.81 bits per heavy atom. The van der Waals surface area contributed by atoms with Gasteiger partial charge in [-0.15, -0.1) is 11.8 Å². The number of likely N-dealkylation sites (tertiary alicyclic amines) is 2. The minimum atomic E-state index is -0.437. The van der Waals surface area contributed by atoms with Crippen LogP contribution in [0.3, 0.4) is 0 Å². The highest BCUT2D eigenvalue weighted by atomic mass is 32.2. The molecule has 2 amide bonds. The number of carbonyl (C=O) groups is 2. The van der Waals surface area contributed by atoms with Gasteiger partial charge in [0.05, 0.1) is 10.9 Å². The Kier molecular flexibility index (Phi) is 9.79. The van der Waals surface area contributed by atoms with Gasteiger partial charge in [0.15, 0.2) is 0 Å². The molecule has 1 N–H and O–H groups in total. The fourth-order valence-electron chi connectivity index (χ4n) is 5.39. The van der Waals surface area contributed by atoms with Crippen LogP contribution >= 0.6 is 11.8 Å². The molecule has 1 aromatic rings. The summed E-state index contributed by atoms with van der Waals surface area (Å²) in [5, 5.41) is 2.63. The smallest absolute Gasteiger partial charge is 0.237 e. The third-order valence-corrected chi connectivity index (χ3v) is 9.11. The number of anilines is 1. The monoisotopic (exact) mass is 531 g/mol. The van der Waals surface area contributed by atoms with Crippen LogP contribution in [0.15, 0.2) is 18.2 Å². The number of para-hydroxylation sites is 1. The van der Waals surface area contributed by atoms with E-state index >= 15 is 4.39 Å². The Hall–Kier alpha value is -1.80. The minimum absolute atomic E-state index is 0.000278. The maximum absolute atomic E-state index is 15.2. The number of thioether (sulfide) groups is 1. The molecule has 0 saturated carbocycles. The van der Waals surface area contributed by atoms with Crippen molar-refractivity contribution >= 4 is 29.3 Å². The minimum Gasteiger partial charge on any atom is -0.381 e. The Morgan fingerprint density at radius 1 is 1.08 bits per heavy atom. The van der Waals surface area contributed by atoms with Crippen LogP contribution in [0.5, 0.6) is 0 Å². The van der Waals surface area contributed by atoms with Crippen molar-refractivity contribution in [1.82, 2.24) is 14.7 Å². The van der Waals surface area contributed by atoms with Gasteiger partial charge >= 0.3 is 0 Å².